The van der Waals surface area contributed by atoms with Gasteiger partial charge in [-0.05, 0) is 12.1 Å². The lowest BCUT2D eigenvalue weighted by molar-refractivity contribution is 0.919. The number of aryl methyl sites for hydroxylation is 1. The molecule has 3 rings (SSSR count). The van der Waals surface area contributed by atoms with Gasteiger partial charge in [-0.3, -0.25) is 0 Å². The van der Waals surface area contributed by atoms with Crippen LogP contribution >= 0.6 is 11.3 Å². The number of anilines is 1. The third-order valence-electron chi connectivity index (χ3n) is 2.79. The van der Waals surface area contributed by atoms with Crippen LogP contribution in [0, 0.1) is 0 Å². The molecule has 0 saturated heterocycles. The summed E-state index contributed by atoms with van der Waals surface area (Å²) >= 11 is 1.61. The molecule has 0 amide bonds. The zero-order valence-electron chi connectivity index (χ0n) is 10.4. The predicted octanol–water partition coefficient (Wildman–Crippen LogP) is 2.55. The monoisotopic (exact) mass is 271 g/mol. The fraction of sp³-hybridized carbons (Fsp3) is 0.154. The van der Waals surface area contributed by atoms with E-state index in [1.54, 1.807) is 17.7 Å². The minimum Gasteiger partial charge on any atom is -0.379 e. The van der Waals surface area contributed by atoms with Crippen LogP contribution in [0.2, 0.25) is 0 Å². The van der Waals surface area contributed by atoms with Crippen LogP contribution in [-0.4, -0.2) is 19.7 Å². The molecule has 0 bridgehead atoms. The average molecular weight is 271 g/mol. The molecule has 3 aromatic rings. The highest BCUT2D eigenvalue weighted by Crippen LogP contribution is 2.20. The fourth-order valence-electron chi connectivity index (χ4n) is 1.83. The first-order valence-electron chi connectivity index (χ1n) is 5.88. The quantitative estimate of drug-likeness (QED) is 0.792. The van der Waals surface area contributed by atoms with Crippen molar-refractivity contribution >= 4 is 17.0 Å². The Kier molecular flexibility index (Phi) is 3.24. The molecule has 0 aliphatic rings. The van der Waals surface area contributed by atoms with Crippen molar-refractivity contribution in [2.75, 3.05) is 5.32 Å². The van der Waals surface area contributed by atoms with E-state index in [2.05, 4.69) is 26.6 Å². The highest BCUT2D eigenvalue weighted by Gasteiger charge is 2.05. The van der Waals surface area contributed by atoms with Crippen LogP contribution in [-0.2, 0) is 13.6 Å². The Labute approximate surface area is 115 Å². The molecular formula is C13H13N5S. The van der Waals surface area contributed by atoms with E-state index in [-0.39, 0.29) is 0 Å². The number of nitrogens with one attached hydrogen (secondary N) is 1. The molecule has 19 heavy (non-hydrogen) atoms. The van der Waals surface area contributed by atoms with Crippen LogP contribution in [0.5, 0.6) is 0 Å². The van der Waals surface area contributed by atoms with Crippen molar-refractivity contribution in [3.63, 3.8) is 0 Å². The number of thiazole rings is 1. The molecule has 0 unspecified atom stereocenters. The second-order valence-electron chi connectivity index (χ2n) is 4.18. The lowest BCUT2D eigenvalue weighted by atomic mass is 10.2. The molecule has 5 nitrogen and oxygen atoms in total. The molecule has 0 saturated carbocycles. The van der Waals surface area contributed by atoms with Crippen LogP contribution in [0.4, 0.5) is 5.69 Å². The van der Waals surface area contributed by atoms with Crippen molar-refractivity contribution in [1.29, 1.82) is 0 Å². The highest BCUT2D eigenvalue weighted by atomic mass is 32.1. The summed E-state index contributed by atoms with van der Waals surface area (Å²) in [7, 11) is 1.94. The van der Waals surface area contributed by atoms with Gasteiger partial charge >= 0.3 is 0 Å². The number of hydrogen-bond acceptors (Lipinski definition) is 5. The Morgan fingerprint density at radius 2 is 2.32 bits per heavy atom. The van der Waals surface area contributed by atoms with Crippen molar-refractivity contribution in [2.24, 2.45) is 7.05 Å². The summed E-state index contributed by atoms with van der Waals surface area (Å²) < 4.78 is 1.90. The van der Waals surface area contributed by atoms with Gasteiger partial charge in [-0.1, -0.05) is 12.1 Å². The zero-order chi connectivity index (χ0) is 13.1. The topological polar surface area (TPSA) is 55.6 Å². The Morgan fingerprint density at radius 1 is 1.37 bits per heavy atom. The molecule has 2 heterocycles. The van der Waals surface area contributed by atoms with E-state index in [1.165, 1.54) is 0 Å². The van der Waals surface area contributed by atoms with Crippen LogP contribution in [0.25, 0.3) is 11.4 Å². The van der Waals surface area contributed by atoms with E-state index >= 15 is 0 Å². The second-order valence-corrected chi connectivity index (χ2v) is 4.90. The summed E-state index contributed by atoms with van der Waals surface area (Å²) in [5, 5.41) is 13.4. The third-order valence-corrected chi connectivity index (χ3v) is 3.42. The van der Waals surface area contributed by atoms with Crippen LogP contribution in [0.1, 0.15) is 5.69 Å². The van der Waals surface area contributed by atoms with Gasteiger partial charge in [-0.2, -0.15) is 0 Å². The normalized spacial score (nSPS) is 10.6. The molecule has 0 fully saturated rings. The number of nitrogens with zero attached hydrogens (tertiary/aromatic N) is 4. The number of aromatic nitrogens is 4. The maximum atomic E-state index is 4.25. The highest BCUT2D eigenvalue weighted by molar-refractivity contribution is 7.07. The molecule has 0 aliphatic heterocycles. The number of rotatable bonds is 4. The van der Waals surface area contributed by atoms with Gasteiger partial charge in [-0.15, -0.1) is 21.5 Å². The fourth-order valence-corrected chi connectivity index (χ4v) is 2.39. The lowest BCUT2D eigenvalue weighted by Crippen LogP contribution is -2.00. The summed E-state index contributed by atoms with van der Waals surface area (Å²) in [6.07, 6.45) is 1.70. The van der Waals surface area contributed by atoms with E-state index < -0.39 is 0 Å². The van der Waals surface area contributed by atoms with Crippen molar-refractivity contribution in [3.05, 3.63) is 47.2 Å². The summed E-state index contributed by atoms with van der Waals surface area (Å²) in [6, 6.07) is 8.13. The smallest absolute Gasteiger partial charge is 0.163 e. The predicted molar refractivity (Wildman–Crippen MR) is 75.9 cm³/mol. The molecule has 2 aromatic heterocycles. The van der Waals surface area contributed by atoms with Gasteiger partial charge in [0.1, 0.15) is 6.33 Å². The van der Waals surface area contributed by atoms with E-state index in [9.17, 15) is 0 Å². The van der Waals surface area contributed by atoms with Gasteiger partial charge in [-0.25, -0.2) is 4.98 Å². The second kappa shape index (κ2) is 5.19. The molecule has 0 atom stereocenters. The minimum atomic E-state index is 0.728. The van der Waals surface area contributed by atoms with Gasteiger partial charge in [0, 0.05) is 23.7 Å². The zero-order valence-corrected chi connectivity index (χ0v) is 11.3. The van der Waals surface area contributed by atoms with Crippen molar-refractivity contribution in [1.82, 2.24) is 19.7 Å². The van der Waals surface area contributed by atoms with Crippen LogP contribution in [0.15, 0.2) is 41.5 Å². The summed E-state index contributed by atoms with van der Waals surface area (Å²) in [5.41, 5.74) is 4.98. The van der Waals surface area contributed by atoms with Crippen LogP contribution < -0.4 is 5.32 Å². The first-order chi connectivity index (χ1) is 9.33. The molecule has 96 valence electrons. The van der Waals surface area contributed by atoms with Crippen molar-refractivity contribution in [3.8, 4) is 11.4 Å². The first-order valence-corrected chi connectivity index (χ1v) is 6.82. The Morgan fingerprint density at radius 3 is 3.05 bits per heavy atom. The van der Waals surface area contributed by atoms with Gasteiger partial charge in [0.2, 0.25) is 0 Å². The maximum Gasteiger partial charge on any atom is 0.163 e. The van der Waals surface area contributed by atoms with E-state index in [4.69, 9.17) is 0 Å². The maximum absolute atomic E-state index is 4.25. The summed E-state index contributed by atoms with van der Waals surface area (Å²) in [4.78, 5) is 4.25. The third kappa shape index (κ3) is 2.63. The molecule has 0 radical (unpaired) electrons. The van der Waals surface area contributed by atoms with Crippen molar-refractivity contribution in [2.45, 2.75) is 6.54 Å². The standard InChI is InChI=1S/C13H13N5S/c1-18-8-16-17-13(18)10-3-2-4-11(5-10)14-6-12-7-19-9-15-12/h2-5,7-9,14H,6H2,1H3. The lowest BCUT2D eigenvalue weighted by Gasteiger charge is -2.06. The molecular weight excluding hydrogens is 258 g/mol. The van der Waals surface area contributed by atoms with Gasteiger partial charge in [0.05, 0.1) is 17.7 Å². The first kappa shape index (κ1) is 11.9. The molecule has 6 heteroatoms. The molecule has 1 aromatic carbocycles. The van der Waals surface area contributed by atoms with Crippen molar-refractivity contribution < 1.29 is 0 Å². The summed E-state index contributed by atoms with van der Waals surface area (Å²) in [6.45, 7) is 0.728. The Bertz CT molecular complexity index is 659. The number of hydrogen-bond donors (Lipinski definition) is 1. The van der Waals surface area contributed by atoms with E-state index in [0.29, 0.717) is 0 Å². The van der Waals surface area contributed by atoms with E-state index in [1.807, 2.05) is 40.7 Å². The van der Waals surface area contributed by atoms with Gasteiger partial charge in [0.15, 0.2) is 5.82 Å². The minimum absolute atomic E-state index is 0.728. The van der Waals surface area contributed by atoms with Gasteiger partial charge in [0.25, 0.3) is 0 Å². The molecule has 1 N–H and O–H groups in total. The molecule has 0 spiro atoms. The Hall–Kier alpha value is -2.21. The largest absolute Gasteiger partial charge is 0.379 e. The van der Waals surface area contributed by atoms with Gasteiger partial charge < -0.3 is 9.88 Å². The Balaban J connectivity index is 1.78. The van der Waals surface area contributed by atoms with E-state index in [0.717, 1.165) is 29.3 Å². The number of benzene rings is 1. The SMILES string of the molecule is Cn1cnnc1-c1cccc(NCc2cscn2)c1. The molecule has 0 aliphatic carbocycles. The van der Waals surface area contributed by atoms with Crippen LogP contribution in [0.3, 0.4) is 0 Å². The average Bonchev–Trinajstić information content (AvgIpc) is 3.08. The summed E-state index contributed by atoms with van der Waals surface area (Å²) in [5.74, 6) is 0.859.